The van der Waals surface area contributed by atoms with Crippen LogP contribution in [-0.2, 0) is 6.54 Å². The number of methoxy groups -OCH3 is 1. The van der Waals surface area contributed by atoms with Crippen LogP contribution in [0.2, 0.25) is 0 Å². The van der Waals surface area contributed by atoms with Gasteiger partial charge in [0.15, 0.2) is 0 Å². The lowest BCUT2D eigenvalue weighted by Crippen LogP contribution is -2.33. The monoisotopic (exact) mass is 479 g/mol. The summed E-state index contributed by atoms with van der Waals surface area (Å²) in [7, 11) is 5.81. The van der Waals surface area contributed by atoms with Gasteiger partial charge in [0.2, 0.25) is 0 Å². The van der Waals surface area contributed by atoms with Gasteiger partial charge in [-0.1, -0.05) is 18.9 Å². The number of benzene rings is 2. The van der Waals surface area contributed by atoms with Crippen molar-refractivity contribution in [1.29, 1.82) is 0 Å². The summed E-state index contributed by atoms with van der Waals surface area (Å²) >= 11 is 0. The van der Waals surface area contributed by atoms with Crippen molar-refractivity contribution in [3.63, 3.8) is 0 Å². The van der Waals surface area contributed by atoms with Crippen LogP contribution in [0.25, 0.3) is 22.2 Å². The summed E-state index contributed by atoms with van der Waals surface area (Å²) in [6.07, 6.45) is 2.42. The van der Waals surface area contributed by atoms with Gasteiger partial charge in [0, 0.05) is 60.3 Å². The first-order valence-corrected chi connectivity index (χ1v) is 12.5. The van der Waals surface area contributed by atoms with Crippen LogP contribution >= 0.6 is 0 Å². The number of carboxylic acids is 1. The summed E-state index contributed by atoms with van der Waals surface area (Å²) in [6.45, 7) is 3.21. The van der Waals surface area contributed by atoms with Gasteiger partial charge in [-0.25, -0.2) is 9.18 Å². The zero-order valence-corrected chi connectivity index (χ0v) is 20.8. The zero-order valence-electron chi connectivity index (χ0n) is 20.8. The SMILES string of the molecule is COc1ccc2c(c1)N(CCN(C)C)CCn1c-2c(C2CCCC[C@@H]2F)c2ccc(C(=O)O)cc21. The number of ether oxygens (including phenoxy) is 1. The number of carboxylic acid groups (broad SMARTS) is 1. The highest BCUT2D eigenvalue weighted by Crippen LogP contribution is 2.48. The van der Waals surface area contributed by atoms with Crippen molar-refractivity contribution in [2.45, 2.75) is 44.3 Å². The van der Waals surface area contributed by atoms with Crippen LogP contribution in [0.4, 0.5) is 10.1 Å². The van der Waals surface area contributed by atoms with Gasteiger partial charge in [-0.05, 0) is 56.8 Å². The first-order valence-electron chi connectivity index (χ1n) is 12.5. The summed E-state index contributed by atoms with van der Waals surface area (Å²) in [5.41, 5.74) is 5.34. The first-order chi connectivity index (χ1) is 16.9. The number of aromatic nitrogens is 1. The summed E-state index contributed by atoms with van der Waals surface area (Å²) < 4.78 is 23.3. The van der Waals surface area contributed by atoms with Crippen molar-refractivity contribution in [2.24, 2.45) is 0 Å². The smallest absolute Gasteiger partial charge is 0.335 e. The molecule has 2 heterocycles. The van der Waals surface area contributed by atoms with Gasteiger partial charge in [0.25, 0.3) is 0 Å². The molecule has 35 heavy (non-hydrogen) atoms. The first kappa shape index (κ1) is 23.7. The minimum Gasteiger partial charge on any atom is -0.497 e. The van der Waals surface area contributed by atoms with E-state index >= 15 is 4.39 Å². The van der Waals surface area contributed by atoms with Gasteiger partial charge in [-0.3, -0.25) is 0 Å². The fourth-order valence-electron chi connectivity index (χ4n) is 5.81. The van der Waals surface area contributed by atoms with E-state index in [1.165, 1.54) is 0 Å². The molecule has 1 aliphatic carbocycles. The second kappa shape index (κ2) is 9.53. The molecule has 3 aromatic rings. The molecule has 2 aliphatic rings. The topological polar surface area (TPSA) is 57.9 Å². The van der Waals surface area contributed by atoms with E-state index in [2.05, 4.69) is 40.6 Å². The molecule has 2 aromatic carbocycles. The van der Waals surface area contributed by atoms with Crippen molar-refractivity contribution in [3.8, 4) is 17.0 Å². The number of likely N-dealkylation sites (N-methyl/N-ethyl adjacent to an activating group) is 1. The number of anilines is 1. The molecule has 0 spiro atoms. The third-order valence-corrected chi connectivity index (χ3v) is 7.61. The molecule has 1 saturated carbocycles. The molecule has 0 radical (unpaired) electrons. The summed E-state index contributed by atoms with van der Waals surface area (Å²) in [4.78, 5) is 16.4. The number of nitrogens with zero attached hydrogens (tertiary/aromatic N) is 3. The van der Waals surface area contributed by atoms with Gasteiger partial charge in [-0.2, -0.15) is 0 Å². The lowest BCUT2D eigenvalue weighted by Gasteiger charge is -2.29. The zero-order chi connectivity index (χ0) is 24.7. The molecule has 1 aromatic heterocycles. The number of fused-ring (bicyclic) bond motifs is 5. The average Bonchev–Trinajstić information content (AvgIpc) is 3.07. The summed E-state index contributed by atoms with van der Waals surface area (Å²) in [5.74, 6) is -0.350. The number of alkyl halides is 1. The highest BCUT2D eigenvalue weighted by atomic mass is 19.1. The van der Waals surface area contributed by atoms with Gasteiger partial charge >= 0.3 is 5.97 Å². The predicted molar refractivity (Wildman–Crippen MR) is 138 cm³/mol. The molecule has 0 amide bonds. The minimum atomic E-state index is -0.948. The molecule has 1 aliphatic heterocycles. The van der Waals surface area contributed by atoms with Crippen LogP contribution in [0.1, 0.15) is 47.5 Å². The van der Waals surface area contributed by atoms with Crippen molar-refractivity contribution in [1.82, 2.24) is 9.47 Å². The number of aromatic carboxylic acids is 1. The molecule has 1 fully saturated rings. The van der Waals surface area contributed by atoms with Gasteiger partial charge in [0.05, 0.1) is 18.4 Å². The van der Waals surface area contributed by atoms with Crippen LogP contribution in [0.3, 0.4) is 0 Å². The van der Waals surface area contributed by atoms with Crippen molar-refractivity contribution < 1.29 is 19.0 Å². The molecule has 0 saturated heterocycles. The van der Waals surface area contributed by atoms with E-state index < -0.39 is 12.1 Å². The average molecular weight is 480 g/mol. The number of rotatable bonds is 6. The van der Waals surface area contributed by atoms with E-state index in [1.807, 2.05) is 12.1 Å². The third kappa shape index (κ3) is 4.27. The number of hydrogen-bond donors (Lipinski definition) is 1. The summed E-state index contributed by atoms with van der Waals surface area (Å²) in [6, 6.07) is 11.4. The highest BCUT2D eigenvalue weighted by molar-refractivity contribution is 5.99. The Kier molecular flexibility index (Phi) is 6.45. The Bertz CT molecular complexity index is 1250. The van der Waals surface area contributed by atoms with E-state index in [0.29, 0.717) is 13.0 Å². The molecule has 2 atom stereocenters. The molecule has 1 unspecified atom stereocenters. The van der Waals surface area contributed by atoms with Gasteiger partial charge in [-0.15, -0.1) is 0 Å². The number of halogens is 1. The Morgan fingerprint density at radius 2 is 1.94 bits per heavy atom. The maximum Gasteiger partial charge on any atom is 0.335 e. The van der Waals surface area contributed by atoms with Crippen LogP contribution in [0.15, 0.2) is 36.4 Å². The normalized spacial score (nSPS) is 20.0. The third-order valence-electron chi connectivity index (χ3n) is 7.61. The molecule has 1 N–H and O–H groups in total. The summed E-state index contributed by atoms with van der Waals surface area (Å²) in [5, 5.41) is 10.7. The van der Waals surface area contributed by atoms with Crippen LogP contribution in [-0.4, -0.2) is 67.6 Å². The second-order valence-electron chi connectivity index (χ2n) is 10.0. The van der Waals surface area contributed by atoms with Gasteiger partial charge in [0.1, 0.15) is 11.9 Å². The lowest BCUT2D eigenvalue weighted by atomic mass is 9.80. The maximum atomic E-state index is 15.5. The molecular formula is C28H34FN3O3. The Morgan fingerprint density at radius 1 is 1.14 bits per heavy atom. The minimum absolute atomic E-state index is 0.193. The fraction of sp³-hybridized carbons (Fsp3) is 0.464. The van der Waals surface area contributed by atoms with Crippen LogP contribution in [0, 0.1) is 0 Å². The second-order valence-corrected chi connectivity index (χ2v) is 10.0. The standard InChI is InChI=1S/C28H34FN3O3/c1-30(2)12-13-31-14-15-32-25-16-18(28(33)34)8-10-21(25)26(20-6-4-5-7-23(20)29)27(32)22-11-9-19(35-3)17-24(22)31/h8-11,16-17,20,23H,4-7,12-15H2,1-3H3,(H,33,34)/t20?,23-/m0/s1. The molecule has 7 heteroatoms. The van der Waals surface area contributed by atoms with E-state index in [-0.39, 0.29) is 11.5 Å². The van der Waals surface area contributed by atoms with E-state index in [9.17, 15) is 9.90 Å². The Balaban J connectivity index is 1.78. The van der Waals surface area contributed by atoms with Crippen molar-refractivity contribution >= 4 is 22.6 Å². The van der Waals surface area contributed by atoms with Crippen molar-refractivity contribution in [3.05, 3.63) is 47.5 Å². The molecule has 6 nitrogen and oxygen atoms in total. The lowest BCUT2D eigenvalue weighted by molar-refractivity contribution is 0.0697. The van der Waals surface area contributed by atoms with Gasteiger partial charge < -0.3 is 24.2 Å². The number of hydrogen-bond acceptors (Lipinski definition) is 4. The molecule has 5 rings (SSSR count). The van der Waals surface area contributed by atoms with E-state index in [0.717, 1.165) is 78.1 Å². The fourth-order valence-corrected chi connectivity index (χ4v) is 5.81. The number of carbonyl (C=O) groups is 1. The van der Waals surface area contributed by atoms with Crippen molar-refractivity contribution in [2.75, 3.05) is 45.7 Å². The van der Waals surface area contributed by atoms with Crippen LogP contribution < -0.4 is 9.64 Å². The largest absolute Gasteiger partial charge is 0.497 e. The predicted octanol–water partition coefficient (Wildman–Crippen LogP) is 5.39. The van der Waals surface area contributed by atoms with E-state index in [4.69, 9.17) is 4.74 Å². The highest BCUT2D eigenvalue weighted by Gasteiger charge is 2.35. The Morgan fingerprint density at radius 3 is 2.66 bits per heavy atom. The molecular weight excluding hydrogens is 445 g/mol. The quantitative estimate of drug-likeness (QED) is 0.514. The van der Waals surface area contributed by atoms with Crippen LogP contribution in [0.5, 0.6) is 5.75 Å². The maximum absolute atomic E-state index is 15.5. The molecule has 186 valence electrons. The van der Waals surface area contributed by atoms with E-state index in [1.54, 1.807) is 19.2 Å². The Labute approximate surface area is 205 Å². The molecule has 0 bridgehead atoms. The Hall–Kier alpha value is -3.06.